The molecular formula is C11H12N4O3S. The van der Waals surface area contributed by atoms with Gasteiger partial charge in [-0.25, -0.2) is 4.98 Å². The number of fused-ring (bicyclic) bond motifs is 1. The lowest BCUT2D eigenvalue weighted by atomic mass is 10.2. The summed E-state index contributed by atoms with van der Waals surface area (Å²) in [6.07, 6.45) is 3.76. The number of amides is 1. The lowest BCUT2D eigenvalue weighted by molar-refractivity contribution is -0.146. The first-order valence-electron chi connectivity index (χ1n) is 5.78. The Kier molecular flexibility index (Phi) is 2.96. The molecule has 3 heterocycles. The molecule has 8 heteroatoms. The normalized spacial score (nSPS) is 20.6. The Labute approximate surface area is 112 Å². The van der Waals surface area contributed by atoms with Gasteiger partial charge in [-0.2, -0.15) is 0 Å². The fourth-order valence-corrected chi connectivity index (χ4v) is 2.88. The molecule has 1 saturated heterocycles. The summed E-state index contributed by atoms with van der Waals surface area (Å²) in [4.78, 5) is 29.4. The number of carbonyl (C=O) groups is 2. The van der Waals surface area contributed by atoms with Crippen LogP contribution < -0.4 is 5.32 Å². The third-order valence-electron chi connectivity index (χ3n) is 3.07. The zero-order valence-corrected chi connectivity index (χ0v) is 10.8. The number of nitrogens with zero attached hydrogens (tertiary/aromatic N) is 3. The highest BCUT2D eigenvalue weighted by Gasteiger charge is 2.32. The van der Waals surface area contributed by atoms with E-state index >= 15 is 0 Å². The van der Waals surface area contributed by atoms with Crippen molar-refractivity contribution in [1.82, 2.24) is 19.6 Å². The van der Waals surface area contributed by atoms with Crippen LogP contribution in [0.4, 0.5) is 0 Å². The van der Waals surface area contributed by atoms with Crippen LogP contribution in [0.2, 0.25) is 0 Å². The molecule has 1 atom stereocenters. The van der Waals surface area contributed by atoms with Crippen molar-refractivity contribution in [1.29, 1.82) is 0 Å². The minimum Gasteiger partial charge on any atom is -0.480 e. The highest BCUT2D eigenvalue weighted by Crippen LogP contribution is 2.15. The highest BCUT2D eigenvalue weighted by molar-refractivity contribution is 7.15. The minimum atomic E-state index is -0.930. The molecule has 19 heavy (non-hydrogen) atoms. The standard InChI is InChI=1S/C11H12N4O3S/c16-9-6-15(8(3-12-9)10(17)18)5-7-4-14-1-2-19-11(14)13-7/h1-2,4,8H,3,5-6H2,(H,12,16)(H,17,18). The number of thiazole rings is 1. The molecule has 100 valence electrons. The summed E-state index contributed by atoms with van der Waals surface area (Å²) in [5.41, 5.74) is 0.771. The molecule has 3 rings (SSSR count). The van der Waals surface area contributed by atoms with E-state index in [4.69, 9.17) is 5.11 Å². The molecule has 1 fully saturated rings. The predicted octanol–water partition coefficient (Wildman–Crippen LogP) is -0.219. The summed E-state index contributed by atoms with van der Waals surface area (Å²) in [5, 5.41) is 13.7. The monoisotopic (exact) mass is 280 g/mol. The number of rotatable bonds is 3. The van der Waals surface area contributed by atoms with Crippen molar-refractivity contribution in [3.05, 3.63) is 23.5 Å². The van der Waals surface area contributed by atoms with Gasteiger partial charge in [-0.15, -0.1) is 11.3 Å². The van der Waals surface area contributed by atoms with Crippen molar-refractivity contribution in [3.8, 4) is 0 Å². The van der Waals surface area contributed by atoms with Gasteiger partial charge in [0.05, 0.1) is 12.2 Å². The third-order valence-corrected chi connectivity index (χ3v) is 3.84. The summed E-state index contributed by atoms with van der Waals surface area (Å²) >= 11 is 1.52. The molecule has 1 aliphatic rings. The molecule has 1 unspecified atom stereocenters. The number of imidazole rings is 1. The fraction of sp³-hybridized carbons (Fsp3) is 0.364. The van der Waals surface area contributed by atoms with E-state index in [2.05, 4.69) is 10.3 Å². The van der Waals surface area contributed by atoms with Crippen molar-refractivity contribution >= 4 is 28.2 Å². The minimum absolute atomic E-state index is 0.0855. The van der Waals surface area contributed by atoms with Crippen molar-refractivity contribution in [2.45, 2.75) is 12.6 Å². The van der Waals surface area contributed by atoms with Gasteiger partial charge in [-0.3, -0.25) is 18.9 Å². The number of nitrogens with one attached hydrogen (secondary N) is 1. The largest absolute Gasteiger partial charge is 0.480 e. The van der Waals surface area contributed by atoms with Crippen LogP contribution in [-0.2, 0) is 16.1 Å². The second-order valence-corrected chi connectivity index (χ2v) is 5.26. The molecule has 0 radical (unpaired) electrons. The molecule has 0 spiro atoms. The molecule has 0 saturated carbocycles. The van der Waals surface area contributed by atoms with E-state index in [1.165, 1.54) is 11.3 Å². The second kappa shape index (κ2) is 4.63. The molecule has 1 amide bonds. The lowest BCUT2D eigenvalue weighted by Gasteiger charge is -2.31. The maximum absolute atomic E-state index is 11.4. The number of carboxylic acid groups (broad SMARTS) is 1. The average Bonchev–Trinajstić information content (AvgIpc) is 2.89. The Morgan fingerprint density at radius 3 is 3.21 bits per heavy atom. The van der Waals surface area contributed by atoms with Crippen LogP contribution in [0, 0.1) is 0 Å². The number of aliphatic carboxylic acids is 1. The van der Waals surface area contributed by atoms with Crippen LogP contribution in [0.15, 0.2) is 17.8 Å². The number of hydrogen-bond donors (Lipinski definition) is 2. The summed E-state index contributed by atoms with van der Waals surface area (Å²) in [5.74, 6) is -1.08. The zero-order chi connectivity index (χ0) is 13.4. The van der Waals surface area contributed by atoms with Gasteiger partial charge in [0.25, 0.3) is 0 Å². The van der Waals surface area contributed by atoms with E-state index < -0.39 is 12.0 Å². The van der Waals surface area contributed by atoms with E-state index in [9.17, 15) is 9.59 Å². The van der Waals surface area contributed by atoms with Gasteiger partial charge in [-0.05, 0) is 0 Å². The van der Waals surface area contributed by atoms with Crippen LogP contribution in [0.25, 0.3) is 4.96 Å². The molecular weight excluding hydrogens is 268 g/mol. The molecule has 0 aromatic carbocycles. The number of carbonyl (C=O) groups excluding carboxylic acids is 1. The van der Waals surface area contributed by atoms with E-state index in [-0.39, 0.29) is 19.0 Å². The first-order valence-corrected chi connectivity index (χ1v) is 6.66. The van der Waals surface area contributed by atoms with Crippen LogP contribution in [0.5, 0.6) is 0 Å². The van der Waals surface area contributed by atoms with Crippen LogP contribution in [0.1, 0.15) is 5.69 Å². The molecule has 0 aliphatic carbocycles. The van der Waals surface area contributed by atoms with Gasteiger partial charge < -0.3 is 10.4 Å². The Hall–Kier alpha value is -1.93. The molecule has 2 N–H and O–H groups in total. The van der Waals surface area contributed by atoms with Crippen molar-refractivity contribution in [3.63, 3.8) is 0 Å². The Balaban J connectivity index is 1.80. The van der Waals surface area contributed by atoms with E-state index in [0.717, 1.165) is 10.7 Å². The summed E-state index contributed by atoms with van der Waals surface area (Å²) < 4.78 is 1.89. The Bertz CT molecular complexity index is 606. The summed E-state index contributed by atoms with van der Waals surface area (Å²) in [6, 6.07) is -0.697. The Morgan fingerprint density at radius 1 is 1.63 bits per heavy atom. The SMILES string of the molecule is O=C1CN(Cc2cn3ccsc3n2)C(C(=O)O)CN1. The quantitative estimate of drug-likeness (QED) is 0.812. The van der Waals surface area contributed by atoms with Crippen LogP contribution >= 0.6 is 11.3 Å². The second-order valence-electron chi connectivity index (χ2n) is 4.39. The number of carboxylic acids is 1. The number of hydrogen-bond acceptors (Lipinski definition) is 5. The fourth-order valence-electron chi connectivity index (χ4n) is 2.16. The van der Waals surface area contributed by atoms with E-state index in [0.29, 0.717) is 6.54 Å². The molecule has 0 bridgehead atoms. The summed E-state index contributed by atoms with van der Waals surface area (Å²) in [7, 11) is 0. The lowest BCUT2D eigenvalue weighted by Crippen LogP contribution is -2.56. The first-order chi connectivity index (χ1) is 9.13. The van der Waals surface area contributed by atoms with Gasteiger partial charge in [0, 0.05) is 30.9 Å². The van der Waals surface area contributed by atoms with E-state index in [1.54, 1.807) is 4.90 Å². The van der Waals surface area contributed by atoms with Gasteiger partial charge in [0.2, 0.25) is 5.91 Å². The number of piperazine rings is 1. The number of aromatic nitrogens is 2. The van der Waals surface area contributed by atoms with Crippen LogP contribution in [-0.4, -0.2) is 50.4 Å². The zero-order valence-electron chi connectivity index (χ0n) is 9.94. The maximum Gasteiger partial charge on any atom is 0.322 e. The van der Waals surface area contributed by atoms with Gasteiger partial charge in [0.1, 0.15) is 6.04 Å². The maximum atomic E-state index is 11.4. The van der Waals surface area contributed by atoms with Crippen molar-refractivity contribution in [2.24, 2.45) is 0 Å². The predicted molar refractivity (Wildman–Crippen MR) is 67.9 cm³/mol. The van der Waals surface area contributed by atoms with Crippen LogP contribution in [0.3, 0.4) is 0 Å². The molecule has 2 aromatic rings. The van der Waals surface area contributed by atoms with Gasteiger partial charge in [-0.1, -0.05) is 0 Å². The Morgan fingerprint density at radius 2 is 2.47 bits per heavy atom. The first kappa shape index (κ1) is 12.1. The molecule has 2 aromatic heterocycles. The smallest absolute Gasteiger partial charge is 0.322 e. The van der Waals surface area contributed by atoms with Gasteiger partial charge in [0.15, 0.2) is 4.96 Å². The topological polar surface area (TPSA) is 86.9 Å². The molecule has 7 nitrogen and oxygen atoms in total. The average molecular weight is 280 g/mol. The van der Waals surface area contributed by atoms with Gasteiger partial charge >= 0.3 is 5.97 Å². The highest BCUT2D eigenvalue weighted by atomic mass is 32.1. The molecule has 1 aliphatic heterocycles. The summed E-state index contributed by atoms with van der Waals surface area (Å²) in [6.45, 7) is 0.581. The van der Waals surface area contributed by atoms with Crippen molar-refractivity contribution < 1.29 is 14.7 Å². The third kappa shape index (κ3) is 2.32. The van der Waals surface area contributed by atoms with E-state index in [1.807, 2.05) is 22.2 Å². The van der Waals surface area contributed by atoms with Crippen molar-refractivity contribution in [2.75, 3.05) is 13.1 Å².